The molecule has 2 nitrogen and oxygen atoms in total. The maximum atomic E-state index is 10.6. The standard InChI is InChI=1S/C11H15BrO2/c1-10(2)5-3-6-11(10,13)9-8(12)4-7-14-9/h4,7,13H,3,5-6H2,1-2H3. The Bertz CT molecular complexity index is 343. The van der Waals surface area contributed by atoms with E-state index in [4.69, 9.17) is 4.42 Å². The first-order valence-electron chi connectivity index (χ1n) is 4.93. The number of aliphatic hydroxyl groups is 1. The van der Waals surface area contributed by atoms with E-state index in [1.165, 1.54) is 0 Å². The highest BCUT2D eigenvalue weighted by molar-refractivity contribution is 9.10. The summed E-state index contributed by atoms with van der Waals surface area (Å²) in [5, 5.41) is 10.6. The van der Waals surface area contributed by atoms with Gasteiger partial charge < -0.3 is 9.52 Å². The summed E-state index contributed by atoms with van der Waals surface area (Å²) in [6.07, 6.45) is 4.49. The lowest BCUT2D eigenvalue weighted by atomic mass is 9.76. The van der Waals surface area contributed by atoms with E-state index in [0.717, 1.165) is 23.7 Å². The Balaban J connectivity index is 2.47. The molecule has 1 fully saturated rings. The number of halogens is 1. The van der Waals surface area contributed by atoms with Crippen LogP contribution in [0.5, 0.6) is 0 Å². The van der Waals surface area contributed by atoms with E-state index < -0.39 is 5.60 Å². The minimum absolute atomic E-state index is 0.104. The lowest BCUT2D eigenvalue weighted by molar-refractivity contribution is -0.0660. The van der Waals surface area contributed by atoms with Gasteiger partial charge in [0.25, 0.3) is 0 Å². The zero-order valence-corrected chi connectivity index (χ0v) is 10.1. The first-order chi connectivity index (χ1) is 6.47. The molecule has 0 aliphatic heterocycles. The summed E-state index contributed by atoms with van der Waals surface area (Å²) in [4.78, 5) is 0. The summed E-state index contributed by atoms with van der Waals surface area (Å²) in [5.74, 6) is 0.681. The van der Waals surface area contributed by atoms with E-state index in [0.29, 0.717) is 5.76 Å². The molecule has 3 heteroatoms. The van der Waals surface area contributed by atoms with Gasteiger partial charge in [-0.15, -0.1) is 0 Å². The highest BCUT2D eigenvalue weighted by Gasteiger charge is 2.51. The van der Waals surface area contributed by atoms with Crippen molar-refractivity contribution in [2.45, 2.75) is 38.7 Å². The molecule has 1 aromatic heterocycles. The van der Waals surface area contributed by atoms with Crippen molar-refractivity contribution in [3.8, 4) is 0 Å². The van der Waals surface area contributed by atoms with E-state index >= 15 is 0 Å². The van der Waals surface area contributed by atoms with E-state index in [1.54, 1.807) is 6.26 Å². The van der Waals surface area contributed by atoms with Crippen molar-refractivity contribution in [2.75, 3.05) is 0 Å². The third-order valence-electron chi connectivity index (χ3n) is 3.45. The summed E-state index contributed by atoms with van der Waals surface area (Å²) < 4.78 is 6.26. The minimum atomic E-state index is -0.810. The molecule has 0 bridgehead atoms. The molecule has 0 saturated heterocycles. The van der Waals surface area contributed by atoms with Gasteiger partial charge >= 0.3 is 0 Å². The predicted octanol–water partition coefficient (Wildman–Crippen LogP) is 3.44. The SMILES string of the molecule is CC1(C)CCCC1(O)c1occc1Br. The van der Waals surface area contributed by atoms with Gasteiger partial charge in [0.1, 0.15) is 11.4 Å². The average Bonchev–Trinajstić information content (AvgIpc) is 2.59. The van der Waals surface area contributed by atoms with E-state index in [2.05, 4.69) is 29.8 Å². The van der Waals surface area contributed by atoms with Crippen LogP contribution in [0.1, 0.15) is 38.9 Å². The van der Waals surface area contributed by atoms with E-state index in [9.17, 15) is 5.11 Å². The molecule has 1 heterocycles. The molecule has 0 aromatic carbocycles. The Kier molecular flexibility index (Phi) is 2.27. The molecular formula is C11H15BrO2. The average molecular weight is 259 g/mol. The summed E-state index contributed by atoms with van der Waals surface area (Å²) in [7, 11) is 0. The quantitative estimate of drug-likeness (QED) is 0.838. The second-order valence-electron chi connectivity index (χ2n) is 4.70. The molecule has 78 valence electrons. The Morgan fingerprint density at radius 1 is 1.43 bits per heavy atom. The van der Waals surface area contributed by atoms with E-state index in [1.807, 2.05) is 6.07 Å². The molecular weight excluding hydrogens is 244 g/mol. The lowest BCUT2D eigenvalue weighted by Gasteiger charge is -2.35. The van der Waals surface area contributed by atoms with Crippen LogP contribution in [-0.2, 0) is 5.60 Å². The fourth-order valence-electron chi connectivity index (χ4n) is 2.34. The normalized spacial score (nSPS) is 30.9. The van der Waals surface area contributed by atoms with Crippen LogP contribution in [0, 0.1) is 5.41 Å². The summed E-state index contributed by atoms with van der Waals surface area (Å²) in [6.45, 7) is 4.18. The van der Waals surface area contributed by atoms with Crippen LogP contribution in [0.4, 0.5) is 0 Å². The van der Waals surface area contributed by atoms with Crippen molar-refractivity contribution < 1.29 is 9.52 Å². The van der Waals surface area contributed by atoms with Crippen LogP contribution in [0.2, 0.25) is 0 Å². The lowest BCUT2D eigenvalue weighted by Crippen LogP contribution is -2.36. The minimum Gasteiger partial charge on any atom is -0.465 e. The highest BCUT2D eigenvalue weighted by atomic mass is 79.9. The maximum Gasteiger partial charge on any atom is 0.150 e. The number of hydrogen-bond acceptors (Lipinski definition) is 2. The number of hydrogen-bond donors (Lipinski definition) is 1. The second-order valence-corrected chi connectivity index (χ2v) is 5.55. The van der Waals surface area contributed by atoms with Crippen molar-refractivity contribution in [3.05, 3.63) is 22.6 Å². The largest absolute Gasteiger partial charge is 0.465 e. The molecule has 1 unspecified atom stereocenters. The monoisotopic (exact) mass is 258 g/mol. The summed E-state index contributed by atoms with van der Waals surface area (Å²) in [6, 6.07) is 1.84. The Hall–Kier alpha value is -0.280. The molecule has 1 N–H and O–H groups in total. The molecule has 0 amide bonds. The van der Waals surface area contributed by atoms with Gasteiger partial charge in [-0.3, -0.25) is 0 Å². The molecule has 14 heavy (non-hydrogen) atoms. The van der Waals surface area contributed by atoms with Gasteiger partial charge in [0.05, 0.1) is 10.7 Å². The third kappa shape index (κ3) is 1.26. The number of rotatable bonds is 1. The van der Waals surface area contributed by atoms with E-state index in [-0.39, 0.29) is 5.41 Å². The molecule has 1 atom stereocenters. The molecule has 1 aliphatic rings. The first-order valence-corrected chi connectivity index (χ1v) is 5.72. The second kappa shape index (κ2) is 3.11. The van der Waals surface area contributed by atoms with Crippen LogP contribution in [0.25, 0.3) is 0 Å². The van der Waals surface area contributed by atoms with Crippen LogP contribution in [0.3, 0.4) is 0 Å². The van der Waals surface area contributed by atoms with Gasteiger partial charge in [-0.05, 0) is 41.3 Å². The molecule has 1 saturated carbocycles. The maximum absolute atomic E-state index is 10.6. The summed E-state index contributed by atoms with van der Waals surface area (Å²) >= 11 is 3.41. The number of furan rings is 1. The van der Waals surface area contributed by atoms with Gasteiger partial charge in [0.2, 0.25) is 0 Å². The molecule has 1 aromatic rings. The zero-order chi connectivity index (χ0) is 10.4. The Morgan fingerprint density at radius 2 is 2.14 bits per heavy atom. The van der Waals surface area contributed by atoms with Crippen LogP contribution >= 0.6 is 15.9 Å². The Labute approximate surface area is 92.4 Å². The first kappa shape index (κ1) is 10.2. The molecule has 0 spiro atoms. The predicted molar refractivity (Wildman–Crippen MR) is 57.9 cm³/mol. The van der Waals surface area contributed by atoms with Crippen molar-refractivity contribution in [3.63, 3.8) is 0 Å². The smallest absolute Gasteiger partial charge is 0.150 e. The van der Waals surface area contributed by atoms with Gasteiger partial charge in [-0.25, -0.2) is 0 Å². The van der Waals surface area contributed by atoms with Crippen molar-refractivity contribution in [1.82, 2.24) is 0 Å². The third-order valence-corrected chi connectivity index (χ3v) is 4.08. The van der Waals surface area contributed by atoms with Gasteiger partial charge in [-0.1, -0.05) is 13.8 Å². The fourth-order valence-corrected chi connectivity index (χ4v) is 2.87. The van der Waals surface area contributed by atoms with Crippen molar-refractivity contribution in [2.24, 2.45) is 5.41 Å². The van der Waals surface area contributed by atoms with Gasteiger partial charge in [0, 0.05) is 5.41 Å². The van der Waals surface area contributed by atoms with Gasteiger partial charge in [-0.2, -0.15) is 0 Å². The van der Waals surface area contributed by atoms with Crippen molar-refractivity contribution in [1.29, 1.82) is 0 Å². The highest BCUT2D eigenvalue weighted by Crippen LogP contribution is 2.53. The topological polar surface area (TPSA) is 33.4 Å². The van der Waals surface area contributed by atoms with Gasteiger partial charge in [0.15, 0.2) is 0 Å². The zero-order valence-electron chi connectivity index (χ0n) is 8.51. The molecule has 1 aliphatic carbocycles. The van der Waals surface area contributed by atoms with Crippen LogP contribution < -0.4 is 0 Å². The molecule has 0 radical (unpaired) electrons. The molecule has 2 rings (SSSR count). The van der Waals surface area contributed by atoms with Crippen molar-refractivity contribution >= 4 is 15.9 Å². The fraction of sp³-hybridized carbons (Fsp3) is 0.636. The van der Waals surface area contributed by atoms with Crippen LogP contribution in [-0.4, -0.2) is 5.11 Å². The van der Waals surface area contributed by atoms with Crippen LogP contribution in [0.15, 0.2) is 21.2 Å². The Morgan fingerprint density at radius 3 is 2.57 bits per heavy atom. The summed E-state index contributed by atoms with van der Waals surface area (Å²) in [5.41, 5.74) is -0.914.